The van der Waals surface area contributed by atoms with E-state index in [-0.39, 0.29) is 12.0 Å². The van der Waals surface area contributed by atoms with E-state index in [1.54, 1.807) is 23.5 Å². The van der Waals surface area contributed by atoms with Crippen molar-refractivity contribution in [1.82, 2.24) is 0 Å². The Bertz CT molecular complexity index is 367. The van der Waals surface area contributed by atoms with E-state index in [9.17, 15) is 13.6 Å². The van der Waals surface area contributed by atoms with Crippen LogP contribution in [0.1, 0.15) is 10.4 Å². The molecule has 0 bridgehead atoms. The quantitative estimate of drug-likeness (QED) is 0.453. The Balaban J connectivity index is 3.09. The van der Waals surface area contributed by atoms with Crippen molar-refractivity contribution in [3.63, 3.8) is 0 Å². The highest BCUT2D eigenvalue weighted by Gasteiger charge is 2.16. The predicted octanol–water partition coefficient (Wildman–Crippen LogP) is -1.33. The Kier molecular flexibility index (Phi) is 3.22. The van der Waals surface area contributed by atoms with Crippen molar-refractivity contribution < 1.29 is 18.3 Å². The molecule has 0 amide bonds. The minimum absolute atomic E-state index is 0.0723. The molecule has 0 N–H and O–H groups in total. The van der Waals surface area contributed by atoms with Crippen molar-refractivity contribution in [2.45, 2.75) is 5.30 Å². The van der Waals surface area contributed by atoms with Gasteiger partial charge in [0.25, 0.3) is 0 Å². The molecular formula is C8H9B3F2O2. The zero-order valence-corrected chi connectivity index (χ0v) is 8.80. The molecule has 1 aromatic carbocycles. The molecule has 0 radical (unpaired) electrons. The molecule has 0 aliphatic heterocycles. The lowest BCUT2D eigenvalue weighted by molar-refractivity contribution is 0.111. The zero-order valence-electron chi connectivity index (χ0n) is 8.80. The minimum atomic E-state index is -0.913. The van der Waals surface area contributed by atoms with Crippen LogP contribution < -0.4 is 4.74 Å². The molecule has 0 fully saturated rings. The summed E-state index contributed by atoms with van der Waals surface area (Å²) in [7, 11) is 5.28. The van der Waals surface area contributed by atoms with Crippen molar-refractivity contribution in [2.75, 3.05) is 0 Å². The number of ether oxygens (including phenoxy) is 1. The highest BCUT2D eigenvalue weighted by atomic mass is 19.1. The molecule has 7 heteroatoms. The number of halogens is 2. The van der Waals surface area contributed by atoms with Crippen LogP contribution in [0.4, 0.5) is 8.78 Å². The van der Waals surface area contributed by atoms with E-state index < -0.39 is 22.5 Å². The van der Waals surface area contributed by atoms with E-state index >= 15 is 0 Å². The summed E-state index contributed by atoms with van der Waals surface area (Å²) in [6.07, 6.45) is 0.144. The van der Waals surface area contributed by atoms with Crippen LogP contribution >= 0.6 is 0 Å². The van der Waals surface area contributed by atoms with Crippen LogP contribution in [0.15, 0.2) is 12.1 Å². The van der Waals surface area contributed by atoms with E-state index in [0.717, 1.165) is 12.1 Å². The normalized spacial score (nSPS) is 11.1. The number of hydrogen-bond acceptors (Lipinski definition) is 2. The predicted molar refractivity (Wildman–Crippen MR) is 60.7 cm³/mol. The van der Waals surface area contributed by atoms with Crippen molar-refractivity contribution in [3.8, 4) is 5.75 Å². The molecular weight excluding hydrogens is 199 g/mol. The second kappa shape index (κ2) is 4.09. The number of rotatable bonds is 3. The van der Waals surface area contributed by atoms with Gasteiger partial charge in [-0.2, -0.15) is 0 Å². The van der Waals surface area contributed by atoms with Crippen molar-refractivity contribution in [3.05, 3.63) is 29.3 Å². The fourth-order valence-corrected chi connectivity index (χ4v) is 1.09. The fourth-order valence-electron chi connectivity index (χ4n) is 1.09. The van der Waals surface area contributed by atoms with Gasteiger partial charge in [-0.3, -0.25) is 4.79 Å². The van der Waals surface area contributed by atoms with Gasteiger partial charge in [0, 0.05) is 17.4 Å². The van der Waals surface area contributed by atoms with Crippen LogP contribution in [-0.2, 0) is 0 Å². The third kappa shape index (κ3) is 3.11. The molecule has 0 saturated carbocycles. The molecule has 0 heterocycles. The fraction of sp³-hybridized carbons (Fsp3) is 0.125. The summed E-state index contributed by atoms with van der Waals surface area (Å²) in [4.78, 5) is 10.3. The maximum atomic E-state index is 13.1. The summed E-state index contributed by atoms with van der Waals surface area (Å²) in [5, 5.41) is -0.540. The second-order valence-electron chi connectivity index (χ2n) is 4.13. The lowest BCUT2D eigenvalue weighted by atomic mass is 9.52. The number of carbonyl (C=O) groups excluding carboxylic acids is 1. The average molecular weight is 208 g/mol. The molecule has 1 aromatic rings. The van der Waals surface area contributed by atoms with E-state index in [2.05, 4.69) is 0 Å². The first kappa shape index (κ1) is 11.8. The van der Waals surface area contributed by atoms with Crippen LogP contribution in [0.5, 0.6) is 5.75 Å². The van der Waals surface area contributed by atoms with Crippen molar-refractivity contribution in [2.24, 2.45) is 0 Å². The van der Waals surface area contributed by atoms with Gasteiger partial charge in [-0.1, -0.05) is 0 Å². The van der Waals surface area contributed by atoms with Gasteiger partial charge in [0.2, 0.25) is 0 Å². The Hall–Kier alpha value is -1.26. The van der Waals surface area contributed by atoms with E-state index in [1.807, 2.05) is 0 Å². The molecule has 0 unspecified atom stereocenters. The summed E-state index contributed by atoms with van der Waals surface area (Å²) in [6.45, 7) is 0. The lowest BCUT2D eigenvalue weighted by Crippen LogP contribution is -2.37. The number of aldehydes is 1. The smallest absolute Gasteiger partial charge is 0.155 e. The molecule has 0 aliphatic carbocycles. The molecule has 2 nitrogen and oxygen atoms in total. The van der Waals surface area contributed by atoms with Gasteiger partial charge in [-0.25, -0.2) is 8.78 Å². The summed E-state index contributed by atoms with van der Waals surface area (Å²) in [5.41, 5.74) is -0.573. The Morgan fingerprint density at radius 1 is 1.20 bits per heavy atom. The molecule has 1 rings (SSSR count). The van der Waals surface area contributed by atoms with Gasteiger partial charge >= 0.3 is 0 Å². The monoisotopic (exact) mass is 208 g/mol. The molecule has 76 valence electrons. The third-order valence-corrected chi connectivity index (χ3v) is 1.59. The standard InChI is InChI=1S/C8H9B3F2O2/c9-8(10,11)15-4-1-6(12)5(3-14)7(13)2-4/h1-3H,9-11H2. The first-order chi connectivity index (χ1) is 6.83. The lowest BCUT2D eigenvalue weighted by Gasteiger charge is -2.22. The van der Waals surface area contributed by atoms with E-state index in [0.29, 0.717) is 0 Å². The minimum Gasteiger partial charge on any atom is -0.513 e. The van der Waals surface area contributed by atoms with Gasteiger partial charge in [0.05, 0.1) is 5.56 Å². The van der Waals surface area contributed by atoms with E-state index in [1.165, 1.54) is 0 Å². The summed E-state index contributed by atoms with van der Waals surface area (Å²) in [6, 6.07) is 2.00. The van der Waals surface area contributed by atoms with Crippen molar-refractivity contribution >= 4 is 29.8 Å². The second-order valence-corrected chi connectivity index (χ2v) is 4.13. The Morgan fingerprint density at radius 3 is 2.00 bits per heavy atom. The van der Waals surface area contributed by atoms with Gasteiger partial charge in [-0.15, -0.1) is 0 Å². The highest BCUT2D eigenvalue weighted by Crippen LogP contribution is 2.20. The SMILES string of the molecule is BC(B)(B)Oc1cc(F)c(C=O)c(F)c1. The maximum Gasteiger partial charge on any atom is 0.155 e. The van der Waals surface area contributed by atoms with Crippen LogP contribution in [0.2, 0.25) is 0 Å². The highest BCUT2D eigenvalue weighted by molar-refractivity contribution is 6.58. The Morgan fingerprint density at radius 2 is 1.67 bits per heavy atom. The molecule has 0 aliphatic rings. The van der Waals surface area contributed by atoms with Crippen LogP contribution in [-0.4, -0.2) is 35.1 Å². The number of hydrogen-bond donors (Lipinski definition) is 0. The number of carbonyl (C=O) groups is 1. The summed E-state index contributed by atoms with van der Waals surface area (Å²) in [5.74, 6) is -1.75. The topological polar surface area (TPSA) is 26.3 Å². The van der Waals surface area contributed by atoms with Crippen molar-refractivity contribution in [1.29, 1.82) is 0 Å². The third-order valence-electron chi connectivity index (χ3n) is 1.59. The van der Waals surface area contributed by atoms with Gasteiger partial charge in [0.15, 0.2) is 6.29 Å². The number of benzene rings is 1. The molecule has 15 heavy (non-hydrogen) atoms. The van der Waals surface area contributed by atoms with Crippen LogP contribution in [0, 0.1) is 11.6 Å². The van der Waals surface area contributed by atoms with Gasteiger partial charge < -0.3 is 4.74 Å². The van der Waals surface area contributed by atoms with E-state index in [4.69, 9.17) is 4.74 Å². The first-order valence-electron chi connectivity index (χ1n) is 4.47. The molecule has 0 saturated heterocycles. The molecule has 0 atom stereocenters. The summed E-state index contributed by atoms with van der Waals surface area (Å²) < 4.78 is 31.5. The largest absolute Gasteiger partial charge is 0.513 e. The Labute approximate surface area is 89.2 Å². The van der Waals surface area contributed by atoms with Crippen LogP contribution in [0.3, 0.4) is 0 Å². The van der Waals surface area contributed by atoms with Crippen LogP contribution in [0.25, 0.3) is 0 Å². The van der Waals surface area contributed by atoms with Gasteiger partial charge in [0.1, 0.15) is 40.9 Å². The average Bonchev–Trinajstić information content (AvgIpc) is 1.99. The zero-order chi connectivity index (χ0) is 11.6. The maximum absolute atomic E-state index is 13.1. The van der Waals surface area contributed by atoms with Gasteiger partial charge in [-0.05, 0) is 0 Å². The first-order valence-corrected chi connectivity index (χ1v) is 4.47. The molecule has 0 aromatic heterocycles. The summed E-state index contributed by atoms with van der Waals surface area (Å²) >= 11 is 0. The molecule has 0 spiro atoms.